The minimum Gasteiger partial charge on any atom is -0.476 e. The van der Waals surface area contributed by atoms with Gasteiger partial charge in [-0.05, 0) is 97.2 Å². The highest BCUT2D eigenvalue weighted by molar-refractivity contribution is 5.48. The summed E-state index contributed by atoms with van der Waals surface area (Å²) in [6, 6.07) is 24.8. The zero-order chi connectivity index (χ0) is 29.2. The van der Waals surface area contributed by atoms with Gasteiger partial charge in [-0.2, -0.15) is 0 Å². The van der Waals surface area contributed by atoms with Crippen molar-refractivity contribution in [3.63, 3.8) is 0 Å². The molecule has 0 radical (unpaired) electrons. The van der Waals surface area contributed by atoms with E-state index < -0.39 is 0 Å². The lowest BCUT2D eigenvalue weighted by molar-refractivity contribution is -0.0322. The molecule has 42 heavy (non-hydrogen) atoms. The van der Waals surface area contributed by atoms with Gasteiger partial charge in [0.15, 0.2) is 13.6 Å². The van der Waals surface area contributed by atoms with Gasteiger partial charge in [0.1, 0.15) is 0 Å². The van der Waals surface area contributed by atoms with Crippen LogP contribution in [-0.4, -0.2) is 20.2 Å². The van der Waals surface area contributed by atoms with Gasteiger partial charge in [0.2, 0.25) is 0 Å². The van der Waals surface area contributed by atoms with Crippen LogP contribution in [0.5, 0.6) is 0 Å². The van der Waals surface area contributed by atoms with Crippen molar-refractivity contribution in [1.29, 1.82) is 0 Å². The van der Waals surface area contributed by atoms with E-state index in [-0.39, 0.29) is 6.79 Å². The van der Waals surface area contributed by atoms with E-state index in [0.717, 1.165) is 46.8 Å². The topological polar surface area (TPSA) is 36.9 Å². The maximum Gasteiger partial charge on any atom is 0.188 e. The van der Waals surface area contributed by atoms with E-state index >= 15 is 0 Å². The van der Waals surface area contributed by atoms with Crippen molar-refractivity contribution in [3.8, 4) is 23.7 Å². The second-order valence-electron chi connectivity index (χ2n) is 10.5. The van der Waals surface area contributed by atoms with E-state index in [0.29, 0.717) is 19.3 Å². The summed E-state index contributed by atoms with van der Waals surface area (Å²) in [5, 5.41) is 0. The first-order chi connectivity index (χ1) is 20.7. The van der Waals surface area contributed by atoms with Gasteiger partial charge in [0.05, 0.1) is 25.7 Å². The van der Waals surface area contributed by atoms with Crippen LogP contribution in [0, 0.1) is 35.5 Å². The Morgan fingerprint density at radius 2 is 1.00 bits per heavy atom. The second-order valence-corrected chi connectivity index (χ2v) is 10.5. The molecule has 0 bridgehead atoms. The molecule has 0 N–H and O–H groups in total. The maximum absolute atomic E-state index is 5.57. The molecule has 0 spiro atoms. The molecule has 0 aromatic heterocycles. The lowest BCUT2D eigenvalue weighted by Gasteiger charge is -2.28. The molecule has 4 nitrogen and oxygen atoms in total. The van der Waals surface area contributed by atoms with Crippen molar-refractivity contribution in [2.24, 2.45) is 11.8 Å². The van der Waals surface area contributed by atoms with Gasteiger partial charge in [-0.15, -0.1) is 0 Å². The third kappa shape index (κ3) is 11.0. The Bertz CT molecular complexity index is 1360. The molecule has 0 unspecified atom stereocenters. The monoisotopic (exact) mass is 560 g/mol. The Labute approximate surface area is 251 Å². The van der Waals surface area contributed by atoms with Crippen LogP contribution in [0.25, 0.3) is 0 Å². The van der Waals surface area contributed by atoms with Crippen LogP contribution in [0.4, 0.5) is 0 Å². The molecule has 1 aliphatic rings. The van der Waals surface area contributed by atoms with E-state index in [9.17, 15) is 0 Å². The number of aryl methyl sites for hydroxylation is 1. The first kappa shape index (κ1) is 30.7. The van der Waals surface area contributed by atoms with Gasteiger partial charge in [-0.3, -0.25) is 0 Å². The molecule has 0 heterocycles. The molecular formula is C38H40O4. The number of ether oxygens (including phenoxy) is 4. The highest BCUT2D eigenvalue weighted by atomic mass is 16.7. The summed E-state index contributed by atoms with van der Waals surface area (Å²) < 4.78 is 21.0. The number of hydrogen-bond donors (Lipinski definition) is 0. The van der Waals surface area contributed by atoms with E-state index in [2.05, 4.69) is 61.1 Å². The fourth-order valence-electron chi connectivity index (χ4n) is 4.99. The number of rotatable bonds is 13. The summed E-state index contributed by atoms with van der Waals surface area (Å²) in [5.74, 6) is 14.5. The van der Waals surface area contributed by atoms with E-state index in [4.69, 9.17) is 18.9 Å². The zero-order valence-electron chi connectivity index (χ0n) is 24.4. The van der Waals surface area contributed by atoms with Crippen LogP contribution < -0.4 is 0 Å². The van der Waals surface area contributed by atoms with Crippen molar-refractivity contribution < 1.29 is 18.9 Å². The smallest absolute Gasteiger partial charge is 0.188 e. The van der Waals surface area contributed by atoms with Crippen LogP contribution in [-0.2, 0) is 32.0 Å². The SMILES string of the molecule is C=COCOCc1ccc(C#Cc2ccc(C#Cc3ccc(CCC4CCC(COCOC=C)CC4)cc3)cc2)cc1. The molecule has 4 rings (SSSR count). The lowest BCUT2D eigenvalue weighted by Crippen LogP contribution is -2.19. The average molecular weight is 561 g/mol. The van der Waals surface area contributed by atoms with Crippen LogP contribution in [0.15, 0.2) is 98.5 Å². The van der Waals surface area contributed by atoms with Crippen molar-refractivity contribution in [1.82, 2.24) is 0 Å². The van der Waals surface area contributed by atoms with Gasteiger partial charge >= 0.3 is 0 Å². The van der Waals surface area contributed by atoms with Gasteiger partial charge < -0.3 is 18.9 Å². The van der Waals surface area contributed by atoms with Crippen LogP contribution >= 0.6 is 0 Å². The molecule has 0 amide bonds. The largest absolute Gasteiger partial charge is 0.476 e. The number of hydrogen-bond acceptors (Lipinski definition) is 4. The summed E-state index contributed by atoms with van der Waals surface area (Å²) in [4.78, 5) is 0. The Balaban J connectivity index is 1.19. The van der Waals surface area contributed by atoms with Gasteiger partial charge in [0, 0.05) is 22.3 Å². The van der Waals surface area contributed by atoms with E-state index in [1.54, 1.807) is 0 Å². The van der Waals surface area contributed by atoms with Crippen molar-refractivity contribution >= 4 is 0 Å². The molecule has 216 valence electrons. The lowest BCUT2D eigenvalue weighted by atomic mass is 9.80. The minimum atomic E-state index is 0.199. The van der Waals surface area contributed by atoms with Gasteiger partial charge in [-0.1, -0.05) is 73.9 Å². The number of benzene rings is 3. The quantitative estimate of drug-likeness (QED) is 0.0919. The zero-order valence-corrected chi connectivity index (χ0v) is 24.4. The van der Waals surface area contributed by atoms with Gasteiger partial charge in [0.25, 0.3) is 0 Å². The molecule has 3 aromatic rings. The summed E-state index contributed by atoms with van der Waals surface area (Å²) in [6.07, 6.45) is 10.3. The van der Waals surface area contributed by atoms with Gasteiger partial charge in [-0.25, -0.2) is 0 Å². The maximum atomic E-state index is 5.57. The first-order valence-electron chi connectivity index (χ1n) is 14.6. The molecule has 1 aliphatic carbocycles. The summed E-state index contributed by atoms with van der Waals surface area (Å²) in [5.41, 5.74) is 6.37. The van der Waals surface area contributed by atoms with Crippen molar-refractivity contribution in [2.75, 3.05) is 20.2 Å². The second kappa shape index (κ2) is 17.6. The highest BCUT2D eigenvalue weighted by Gasteiger charge is 2.21. The first-order valence-corrected chi connectivity index (χ1v) is 14.6. The van der Waals surface area contributed by atoms with Crippen LogP contribution in [0.2, 0.25) is 0 Å². The van der Waals surface area contributed by atoms with E-state index in [1.807, 2.05) is 48.5 Å². The van der Waals surface area contributed by atoms with Crippen LogP contribution in [0.3, 0.4) is 0 Å². The molecule has 3 aromatic carbocycles. The van der Waals surface area contributed by atoms with E-state index in [1.165, 1.54) is 50.2 Å². The average Bonchev–Trinajstić information content (AvgIpc) is 3.04. The molecule has 0 aliphatic heterocycles. The Hall–Kier alpha value is -4.22. The summed E-state index contributed by atoms with van der Waals surface area (Å²) in [7, 11) is 0. The predicted octanol–water partition coefficient (Wildman–Crippen LogP) is 7.99. The third-order valence-electron chi connectivity index (χ3n) is 7.46. The predicted molar refractivity (Wildman–Crippen MR) is 168 cm³/mol. The third-order valence-corrected chi connectivity index (χ3v) is 7.46. The molecule has 0 atom stereocenters. The van der Waals surface area contributed by atoms with Crippen molar-refractivity contribution in [2.45, 2.75) is 45.1 Å². The Kier molecular flexibility index (Phi) is 12.9. The highest BCUT2D eigenvalue weighted by Crippen LogP contribution is 2.31. The molecule has 4 heteroatoms. The molecule has 1 fully saturated rings. The summed E-state index contributed by atoms with van der Waals surface area (Å²) in [6.45, 7) is 8.81. The molecular weight excluding hydrogens is 520 g/mol. The minimum absolute atomic E-state index is 0.199. The fourth-order valence-corrected chi connectivity index (χ4v) is 4.99. The normalized spacial score (nSPS) is 15.8. The summed E-state index contributed by atoms with van der Waals surface area (Å²) >= 11 is 0. The Morgan fingerprint density at radius 3 is 1.50 bits per heavy atom. The molecule has 0 saturated heterocycles. The van der Waals surface area contributed by atoms with Crippen molar-refractivity contribution in [3.05, 3.63) is 132 Å². The molecule has 1 saturated carbocycles. The fraction of sp³-hybridized carbons (Fsp3) is 0.316. The Morgan fingerprint density at radius 1 is 0.571 bits per heavy atom. The van der Waals surface area contributed by atoms with Crippen LogP contribution in [0.1, 0.15) is 65.5 Å². The standard InChI is InChI=1S/C38H40O4/c1-3-39-29-41-27-37-23-19-35(20-24-37)17-15-33-11-7-31(8-12-33)5-6-32-9-13-34(14-10-32)16-18-36-21-25-38(26-22-36)28-42-30-40-4-2/h3-4,7-14,21-22,25-26,35,37H,1-2,15,17,19-20,23-24,27-30H2.